The average Bonchev–Trinajstić information content (AvgIpc) is 2.46. The Balaban J connectivity index is 2.07. The second-order valence-corrected chi connectivity index (χ2v) is 4.50. The normalized spacial score (nSPS) is 15.0. The molecule has 3 N–H and O–H groups in total. The van der Waals surface area contributed by atoms with Gasteiger partial charge in [-0.2, -0.15) is 0 Å². The molecule has 1 aliphatic rings. The van der Waals surface area contributed by atoms with E-state index in [1.54, 1.807) is 11.0 Å². The summed E-state index contributed by atoms with van der Waals surface area (Å²) in [5.74, 6) is -1.31. The van der Waals surface area contributed by atoms with Gasteiger partial charge in [0.25, 0.3) is 5.91 Å². The number of primary amides is 1. The second-order valence-electron chi connectivity index (χ2n) is 4.50. The van der Waals surface area contributed by atoms with Gasteiger partial charge in [0.15, 0.2) is 0 Å². The van der Waals surface area contributed by atoms with Crippen LogP contribution < -0.4 is 5.73 Å². The molecule has 7 nitrogen and oxygen atoms in total. The fourth-order valence-electron chi connectivity index (χ4n) is 2.10. The molecule has 1 heterocycles. The number of carbonyl (C=O) groups is 3. The molecule has 2 rings (SSSR count). The van der Waals surface area contributed by atoms with Crippen LogP contribution in [0.15, 0.2) is 24.3 Å². The molecule has 0 saturated carbocycles. The number of urea groups is 1. The van der Waals surface area contributed by atoms with Crippen molar-refractivity contribution in [1.82, 2.24) is 9.80 Å². The molecule has 0 atom stereocenters. The minimum atomic E-state index is -1.07. The monoisotopic (exact) mass is 277 g/mol. The van der Waals surface area contributed by atoms with Gasteiger partial charge in [-0.25, -0.2) is 9.59 Å². The van der Waals surface area contributed by atoms with Crippen molar-refractivity contribution in [1.29, 1.82) is 0 Å². The molecule has 3 amide bonds. The van der Waals surface area contributed by atoms with Crippen molar-refractivity contribution in [2.24, 2.45) is 5.73 Å². The zero-order valence-corrected chi connectivity index (χ0v) is 10.8. The highest BCUT2D eigenvalue weighted by molar-refractivity contribution is 5.97. The van der Waals surface area contributed by atoms with Crippen LogP contribution in [0, 0.1) is 0 Å². The predicted octanol–water partition coefficient (Wildman–Crippen LogP) is 0.221. The smallest absolute Gasteiger partial charge is 0.335 e. The van der Waals surface area contributed by atoms with Gasteiger partial charge in [-0.1, -0.05) is 6.07 Å². The van der Waals surface area contributed by atoms with Gasteiger partial charge in [0.05, 0.1) is 5.56 Å². The van der Waals surface area contributed by atoms with Crippen LogP contribution in [0.25, 0.3) is 0 Å². The molecule has 0 aliphatic carbocycles. The van der Waals surface area contributed by atoms with Gasteiger partial charge in [-0.05, 0) is 18.2 Å². The Bertz CT molecular complexity index is 550. The van der Waals surface area contributed by atoms with E-state index in [1.165, 1.54) is 23.1 Å². The number of amides is 3. The molecular formula is C13H15N3O4. The quantitative estimate of drug-likeness (QED) is 0.806. The van der Waals surface area contributed by atoms with Gasteiger partial charge in [0, 0.05) is 31.7 Å². The lowest BCUT2D eigenvalue weighted by molar-refractivity contribution is 0.0669. The SMILES string of the molecule is NC(=O)N1CCN(C(=O)c2cccc(C(=O)O)c2)CC1. The maximum atomic E-state index is 12.2. The van der Waals surface area contributed by atoms with Crippen molar-refractivity contribution in [3.8, 4) is 0 Å². The maximum Gasteiger partial charge on any atom is 0.335 e. The average molecular weight is 277 g/mol. The van der Waals surface area contributed by atoms with E-state index in [0.29, 0.717) is 31.7 Å². The van der Waals surface area contributed by atoms with Crippen molar-refractivity contribution in [3.05, 3.63) is 35.4 Å². The Kier molecular flexibility index (Phi) is 3.88. The summed E-state index contributed by atoms with van der Waals surface area (Å²) in [4.78, 5) is 37.2. The van der Waals surface area contributed by atoms with Crippen molar-refractivity contribution < 1.29 is 19.5 Å². The summed E-state index contributed by atoms with van der Waals surface area (Å²) in [7, 11) is 0. The molecular weight excluding hydrogens is 262 g/mol. The van der Waals surface area contributed by atoms with E-state index in [-0.39, 0.29) is 11.5 Å². The summed E-state index contributed by atoms with van der Waals surface area (Å²) in [5.41, 5.74) is 5.58. The highest BCUT2D eigenvalue weighted by atomic mass is 16.4. The van der Waals surface area contributed by atoms with Crippen molar-refractivity contribution in [2.75, 3.05) is 26.2 Å². The number of nitrogens with zero attached hydrogens (tertiary/aromatic N) is 2. The second kappa shape index (κ2) is 5.60. The third kappa shape index (κ3) is 2.87. The van der Waals surface area contributed by atoms with Gasteiger partial charge in [0.1, 0.15) is 0 Å². The third-order valence-corrected chi connectivity index (χ3v) is 3.24. The van der Waals surface area contributed by atoms with Crippen LogP contribution >= 0.6 is 0 Å². The largest absolute Gasteiger partial charge is 0.478 e. The Morgan fingerprint density at radius 3 is 2.10 bits per heavy atom. The lowest BCUT2D eigenvalue weighted by Gasteiger charge is -2.33. The summed E-state index contributed by atoms with van der Waals surface area (Å²) in [6.07, 6.45) is 0. The van der Waals surface area contributed by atoms with Crippen LogP contribution in [-0.2, 0) is 0 Å². The van der Waals surface area contributed by atoms with Crippen LogP contribution in [0.3, 0.4) is 0 Å². The first kappa shape index (κ1) is 13.9. The summed E-state index contributed by atoms with van der Waals surface area (Å²) in [6, 6.07) is 5.41. The van der Waals surface area contributed by atoms with E-state index in [4.69, 9.17) is 10.8 Å². The van der Waals surface area contributed by atoms with Crippen molar-refractivity contribution in [3.63, 3.8) is 0 Å². The molecule has 7 heteroatoms. The van der Waals surface area contributed by atoms with E-state index < -0.39 is 12.0 Å². The maximum absolute atomic E-state index is 12.2. The first-order chi connectivity index (χ1) is 9.49. The molecule has 0 spiro atoms. The number of nitrogens with two attached hydrogens (primary N) is 1. The minimum absolute atomic E-state index is 0.0756. The van der Waals surface area contributed by atoms with E-state index >= 15 is 0 Å². The number of carboxylic acids is 1. The standard InChI is InChI=1S/C13H15N3O4/c14-13(20)16-6-4-15(5-7-16)11(17)9-2-1-3-10(8-9)12(18)19/h1-3,8H,4-7H2,(H2,14,20)(H,18,19). The number of aromatic carboxylic acids is 1. The molecule has 106 valence electrons. The Hall–Kier alpha value is -2.57. The van der Waals surface area contributed by atoms with Crippen LogP contribution in [-0.4, -0.2) is 59.0 Å². The van der Waals surface area contributed by atoms with Crippen molar-refractivity contribution in [2.45, 2.75) is 0 Å². The highest BCUT2D eigenvalue weighted by Crippen LogP contribution is 2.11. The zero-order valence-electron chi connectivity index (χ0n) is 10.8. The molecule has 0 unspecified atom stereocenters. The minimum Gasteiger partial charge on any atom is -0.478 e. The number of hydrogen-bond donors (Lipinski definition) is 2. The van der Waals surface area contributed by atoms with Gasteiger partial charge < -0.3 is 20.6 Å². The number of hydrogen-bond acceptors (Lipinski definition) is 3. The Morgan fingerprint density at radius 2 is 1.55 bits per heavy atom. The number of benzene rings is 1. The van der Waals surface area contributed by atoms with Crippen LogP contribution in [0.4, 0.5) is 4.79 Å². The third-order valence-electron chi connectivity index (χ3n) is 3.24. The van der Waals surface area contributed by atoms with E-state index in [0.717, 1.165) is 0 Å². The van der Waals surface area contributed by atoms with Gasteiger partial charge in [-0.15, -0.1) is 0 Å². The van der Waals surface area contributed by atoms with Gasteiger partial charge in [-0.3, -0.25) is 4.79 Å². The van der Waals surface area contributed by atoms with Crippen molar-refractivity contribution >= 4 is 17.9 Å². The molecule has 0 bridgehead atoms. The molecule has 0 aromatic heterocycles. The summed E-state index contributed by atoms with van der Waals surface area (Å²) in [5, 5.41) is 8.91. The molecule has 1 aromatic rings. The Morgan fingerprint density at radius 1 is 1.00 bits per heavy atom. The van der Waals surface area contributed by atoms with Crippen LogP contribution in [0.5, 0.6) is 0 Å². The molecule has 0 radical (unpaired) electrons. The molecule has 1 fully saturated rings. The highest BCUT2D eigenvalue weighted by Gasteiger charge is 2.23. The van der Waals surface area contributed by atoms with E-state index in [1.807, 2.05) is 0 Å². The fourth-order valence-corrected chi connectivity index (χ4v) is 2.10. The first-order valence-corrected chi connectivity index (χ1v) is 6.16. The number of carbonyl (C=O) groups excluding carboxylic acids is 2. The zero-order chi connectivity index (χ0) is 14.7. The summed E-state index contributed by atoms with van der Waals surface area (Å²) >= 11 is 0. The van der Waals surface area contributed by atoms with Crippen LogP contribution in [0.2, 0.25) is 0 Å². The lowest BCUT2D eigenvalue weighted by Crippen LogP contribution is -2.52. The molecule has 1 aliphatic heterocycles. The number of piperazine rings is 1. The van der Waals surface area contributed by atoms with Crippen LogP contribution in [0.1, 0.15) is 20.7 Å². The van der Waals surface area contributed by atoms with Gasteiger partial charge in [0.2, 0.25) is 0 Å². The first-order valence-electron chi connectivity index (χ1n) is 6.16. The molecule has 20 heavy (non-hydrogen) atoms. The Labute approximate surface area is 115 Å². The summed E-state index contributed by atoms with van der Waals surface area (Å²) in [6.45, 7) is 1.55. The predicted molar refractivity (Wildman–Crippen MR) is 70.5 cm³/mol. The number of carboxylic acid groups (broad SMARTS) is 1. The van der Waals surface area contributed by atoms with E-state index in [2.05, 4.69) is 0 Å². The summed E-state index contributed by atoms with van der Waals surface area (Å²) < 4.78 is 0. The van der Waals surface area contributed by atoms with E-state index in [9.17, 15) is 14.4 Å². The fraction of sp³-hybridized carbons (Fsp3) is 0.308. The van der Waals surface area contributed by atoms with Gasteiger partial charge >= 0.3 is 12.0 Å². The molecule has 1 aromatic carbocycles. The molecule has 1 saturated heterocycles. The topological polar surface area (TPSA) is 104 Å². The lowest BCUT2D eigenvalue weighted by atomic mass is 10.1. The number of rotatable bonds is 2.